The van der Waals surface area contributed by atoms with Crippen LogP contribution in [0.2, 0.25) is 0 Å². The summed E-state index contributed by atoms with van der Waals surface area (Å²) < 4.78 is 0. The highest BCUT2D eigenvalue weighted by Crippen LogP contribution is 2.00. The van der Waals surface area contributed by atoms with Gasteiger partial charge in [0.05, 0.1) is 0 Å². The summed E-state index contributed by atoms with van der Waals surface area (Å²) in [6.45, 7) is 2.86. The molecule has 0 aromatic heterocycles. The Morgan fingerprint density at radius 2 is 2.22 bits per heavy atom. The summed E-state index contributed by atoms with van der Waals surface area (Å²) in [7, 11) is 0. The van der Waals surface area contributed by atoms with Gasteiger partial charge in [-0.05, 0) is 19.1 Å². The molecular formula is C7H15NS. The first-order valence-corrected chi connectivity index (χ1v) is 4.46. The van der Waals surface area contributed by atoms with Crippen molar-refractivity contribution < 1.29 is 0 Å². The van der Waals surface area contributed by atoms with Crippen LogP contribution in [0.3, 0.4) is 0 Å². The quantitative estimate of drug-likeness (QED) is 0.470. The second-order valence-corrected chi connectivity index (χ2v) is 2.98. The molecule has 2 N–H and O–H groups in total. The minimum Gasteiger partial charge on any atom is -0.330 e. The highest BCUT2D eigenvalue weighted by atomic mass is 32.2. The predicted molar refractivity (Wildman–Crippen MR) is 45.8 cm³/mol. The highest BCUT2D eigenvalue weighted by Gasteiger charge is 1.82. The third kappa shape index (κ3) is 8.05. The third-order valence-corrected chi connectivity index (χ3v) is 1.98. The number of hydrogen-bond donors (Lipinski definition) is 1. The Labute approximate surface area is 61.7 Å². The molecule has 0 spiro atoms. The Morgan fingerprint density at radius 3 is 2.78 bits per heavy atom. The van der Waals surface area contributed by atoms with Gasteiger partial charge >= 0.3 is 0 Å². The average Bonchev–Trinajstić information content (AvgIpc) is 1.89. The molecular weight excluding hydrogens is 130 g/mol. The molecule has 0 aliphatic rings. The first kappa shape index (κ1) is 9.05. The molecule has 0 aromatic rings. The van der Waals surface area contributed by atoms with E-state index < -0.39 is 0 Å². The van der Waals surface area contributed by atoms with E-state index in [0.717, 1.165) is 12.3 Å². The van der Waals surface area contributed by atoms with Crippen LogP contribution < -0.4 is 5.73 Å². The van der Waals surface area contributed by atoms with Crippen molar-refractivity contribution in [3.63, 3.8) is 0 Å². The summed E-state index contributed by atoms with van der Waals surface area (Å²) >= 11 is 1.92. The molecule has 0 fully saturated rings. The molecule has 0 bridgehead atoms. The Hall–Kier alpha value is 0.0500. The van der Waals surface area contributed by atoms with Crippen LogP contribution in [0.5, 0.6) is 0 Å². The number of allylic oxidation sites excluding steroid dienone is 2. The zero-order valence-electron chi connectivity index (χ0n) is 5.97. The van der Waals surface area contributed by atoms with Crippen molar-refractivity contribution in [3.8, 4) is 0 Å². The van der Waals surface area contributed by atoms with Gasteiger partial charge in [-0.25, -0.2) is 0 Å². The van der Waals surface area contributed by atoms with Crippen molar-refractivity contribution in [1.82, 2.24) is 0 Å². The first-order valence-electron chi connectivity index (χ1n) is 3.30. The molecule has 0 aliphatic carbocycles. The summed E-state index contributed by atoms with van der Waals surface area (Å²) in [6, 6.07) is 0. The maximum atomic E-state index is 5.30. The lowest BCUT2D eigenvalue weighted by Crippen LogP contribution is -2.01. The topological polar surface area (TPSA) is 26.0 Å². The van der Waals surface area contributed by atoms with Gasteiger partial charge in [-0.15, -0.1) is 0 Å². The largest absolute Gasteiger partial charge is 0.330 e. The van der Waals surface area contributed by atoms with Crippen LogP contribution in [0.1, 0.15) is 13.3 Å². The van der Waals surface area contributed by atoms with E-state index >= 15 is 0 Å². The van der Waals surface area contributed by atoms with Crippen LogP contribution >= 0.6 is 11.8 Å². The van der Waals surface area contributed by atoms with Crippen LogP contribution in [-0.4, -0.2) is 18.1 Å². The Balaban J connectivity index is 2.75. The van der Waals surface area contributed by atoms with E-state index in [1.54, 1.807) is 0 Å². The standard InChI is InChI=1S/C7H15NS/c1-2-3-4-6-9-7-5-8/h2-3H,4-8H2,1H3/b3-2+. The third-order valence-electron chi connectivity index (χ3n) is 0.927. The lowest BCUT2D eigenvalue weighted by Gasteiger charge is -1.93. The lowest BCUT2D eigenvalue weighted by molar-refractivity contribution is 1.14. The van der Waals surface area contributed by atoms with Gasteiger partial charge in [0, 0.05) is 12.3 Å². The number of nitrogens with two attached hydrogens (primary N) is 1. The van der Waals surface area contributed by atoms with Gasteiger partial charge in [-0.1, -0.05) is 12.2 Å². The molecule has 0 unspecified atom stereocenters. The highest BCUT2D eigenvalue weighted by molar-refractivity contribution is 7.99. The molecule has 54 valence electrons. The van der Waals surface area contributed by atoms with E-state index in [0.29, 0.717) is 0 Å². The number of hydrogen-bond acceptors (Lipinski definition) is 2. The Morgan fingerprint density at radius 1 is 1.44 bits per heavy atom. The van der Waals surface area contributed by atoms with Crippen LogP contribution in [0.15, 0.2) is 12.2 Å². The molecule has 0 amide bonds. The van der Waals surface area contributed by atoms with Gasteiger partial charge in [0.2, 0.25) is 0 Å². The second-order valence-electron chi connectivity index (χ2n) is 1.76. The fourth-order valence-corrected chi connectivity index (χ4v) is 1.18. The minimum absolute atomic E-state index is 0.806. The van der Waals surface area contributed by atoms with Crippen molar-refractivity contribution in [2.24, 2.45) is 5.73 Å². The fraction of sp³-hybridized carbons (Fsp3) is 0.714. The van der Waals surface area contributed by atoms with Gasteiger partial charge < -0.3 is 5.73 Å². The molecule has 0 saturated heterocycles. The zero-order valence-corrected chi connectivity index (χ0v) is 6.79. The summed E-state index contributed by atoms with van der Waals surface area (Å²) in [5, 5.41) is 0. The van der Waals surface area contributed by atoms with Gasteiger partial charge in [0.25, 0.3) is 0 Å². The molecule has 2 heteroatoms. The summed E-state index contributed by atoms with van der Waals surface area (Å²) in [6.07, 6.45) is 5.45. The fourth-order valence-electron chi connectivity index (χ4n) is 0.503. The number of rotatable bonds is 5. The van der Waals surface area contributed by atoms with Gasteiger partial charge in [0.15, 0.2) is 0 Å². The maximum absolute atomic E-state index is 5.30. The molecule has 0 heterocycles. The molecule has 0 atom stereocenters. The summed E-state index contributed by atoms with van der Waals surface area (Å²) in [5.74, 6) is 2.30. The molecule has 0 rings (SSSR count). The Kier molecular flexibility index (Phi) is 8.09. The summed E-state index contributed by atoms with van der Waals surface area (Å²) in [4.78, 5) is 0. The molecule has 0 aliphatic heterocycles. The van der Waals surface area contributed by atoms with Crippen LogP contribution in [0.25, 0.3) is 0 Å². The second kappa shape index (κ2) is 8.05. The van der Waals surface area contributed by atoms with Gasteiger partial charge in [-0.3, -0.25) is 0 Å². The van der Waals surface area contributed by atoms with Gasteiger partial charge in [0.1, 0.15) is 0 Å². The van der Waals surface area contributed by atoms with E-state index in [9.17, 15) is 0 Å². The van der Waals surface area contributed by atoms with Crippen LogP contribution in [0.4, 0.5) is 0 Å². The van der Waals surface area contributed by atoms with E-state index in [4.69, 9.17) is 5.73 Å². The SMILES string of the molecule is C/C=C/CCSCCN. The molecule has 0 aromatic carbocycles. The summed E-state index contributed by atoms with van der Waals surface area (Å²) in [5.41, 5.74) is 5.30. The van der Waals surface area contributed by atoms with E-state index in [1.807, 2.05) is 18.7 Å². The van der Waals surface area contributed by atoms with E-state index in [1.165, 1.54) is 12.2 Å². The van der Waals surface area contributed by atoms with Crippen molar-refractivity contribution in [1.29, 1.82) is 0 Å². The monoisotopic (exact) mass is 145 g/mol. The normalized spacial score (nSPS) is 10.9. The Bertz CT molecular complexity index is 71.3. The molecule has 0 saturated carbocycles. The van der Waals surface area contributed by atoms with Crippen molar-refractivity contribution in [3.05, 3.63) is 12.2 Å². The zero-order chi connectivity index (χ0) is 6.95. The maximum Gasteiger partial charge on any atom is 0.00559 e. The number of thioether (sulfide) groups is 1. The minimum atomic E-state index is 0.806. The van der Waals surface area contributed by atoms with E-state index in [2.05, 4.69) is 12.2 Å². The predicted octanol–water partition coefficient (Wildman–Crippen LogP) is 1.64. The smallest absolute Gasteiger partial charge is 0.00559 e. The van der Waals surface area contributed by atoms with Gasteiger partial charge in [-0.2, -0.15) is 11.8 Å². The average molecular weight is 145 g/mol. The van der Waals surface area contributed by atoms with Crippen molar-refractivity contribution >= 4 is 11.8 Å². The lowest BCUT2D eigenvalue weighted by atomic mass is 10.4. The van der Waals surface area contributed by atoms with E-state index in [-0.39, 0.29) is 0 Å². The molecule has 0 radical (unpaired) electrons. The molecule has 1 nitrogen and oxygen atoms in total. The van der Waals surface area contributed by atoms with Crippen molar-refractivity contribution in [2.45, 2.75) is 13.3 Å². The van der Waals surface area contributed by atoms with Crippen LogP contribution in [0, 0.1) is 0 Å². The van der Waals surface area contributed by atoms with Crippen LogP contribution in [-0.2, 0) is 0 Å². The first-order chi connectivity index (χ1) is 4.41. The molecule has 9 heavy (non-hydrogen) atoms. The van der Waals surface area contributed by atoms with Crippen molar-refractivity contribution in [2.75, 3.05) is 18.1 Å².